The van der Waals surface area contributed by atoms with Crippen molar-refractivity contribution in [2.45, 2.75) is 50.0 Å². The number of ether oxygens (including phenoxy) is 2. The summed E-state index contributed by atoms with van der Waals surface area (Å²) in [6, 6.07) is 22.0. The molecule has 48 heavy (non-hydrogen) atoms. The Hall–Kier alpha value is -3.45. The molecule has 4 aromatic rings. The molecule has 1 unspecified atom stereocenters. The quantitative estimate of drug-likeness (QED) is 0.134. The second-order valence-electron chi connectivity index (χ2n) is 11.8. The van der Waals surface area contributed by atoms with Crippen LogP contribution in [0.4, 0.5) is 9.52 Å². The lowest BCUT2D eigenvalue weighted by Crippen LogP contribution is -2.62. The number of anilines is 1. The van der Waals surface area contributed by atoms with Crippen molar-refractivity contribution >= 4 is 49.7 Å². The Bertz CT molecular complexity index is 1950. The molecule has 6 rings (SSSR count). The molecule has 0 saturated heterocycles. The second kappa shape index (κ2) is 13.8. The van der Waals surface area contributed by atoms with Crippen LogP contribution in [-0.2, 0) is 22.1 Å². The fourth-order valence-corrected chi connectivity index (χ4v) is 9.13. The molecule has 8 nitrogen and oxygen atoms in total. The van der Waals surface area contributed by atoms with E-state index in [-0.39, 0.29) is 29.2 Å². The number of nitrogens with zero attached hydrogens (tertiary/aromatic N) is 2. The molecule has 2 aliphatic carbocycles. The number of allylic oxidation sites excluding steroid dienone is 1. The van der Waals surface area contributed by atoms with E-state index in [4.69, 9.17) is 32.7 Å². The first kappa shape index (κ1) is 34.4. The van der Waals surface area contributed by atoms with E-state index in [2.05, 4.69) is 15.6 Å². The third kappa shape index (κ3) is 6.72. The Balaban J connectivity index is 1.40. The highest BCUT2D eigenvalue weighted by atomic mass is 35.5. The molecule has 0 aliphatic heterocycles. The van der Waals surface area contributed by atoms with Crippen molar-refractivity contribution < 1.29 is 22.3 Å². The summed E-state index contributed by atoms with van der Waals surface area (Å²) >= 11 is 14.8. The van der Waals surface area contributed by atoms with Crippen molar-refractivity contribution in [3.05, 3.63) is 128 Å². The monoisotopic (exact) mass is 728 g/mol. The number of aromatic nitrogens is 1. The molecule has 1 saturated carbocycles. The summed E-state index contributed by atoms with van der Waals surface area (Å²) in [5.74, 6) is 0.105. The third-order valence-electron chi connectivity index (χ3n) is 8.73. The first-order valence-electron chi connectivity index (χ1n) is 15.3. The van der Waals surface area contributed by atoms with E-state index in [1.807, 2.05) is 55.5 Å². The highest BCUT2D eigenvalue weighted by Gasteiger charge is 2.53. The topological polar surface area (TPSA) is 92.8 Å². The molecule has 1 aromatic heterocycles. The van der Waals surface area contributed by atoms with E-state index in [1.165, 1.54) is 26.5 Å². The standard InChI is InChI=1S/C35H35Cl2FN4O4S2/c1-23(27-11-7-8-12-28(27)36)40-35(41-34(15-16-34)25-9-5-4-6-10-25)21-29(38)31(20-32(35)37)48(43,44)42(33-39-17-18-47-33)22-24-13-14-26(45-2)19-30(24)46-3/h4-14,17-20,23,40-41H,15-16,21-22H2,1-3H3/t23?,35-/m0/s1. The summed E-state index contributed by atoms with van der Waals surface area (Å²) in [6.07, 6.45) is 3.92. The lowest BCUT2D eigenvalue weighted by atomic mass is 9.93. The maximum atomic E-state index is 16.7. The van der Waals surface area contributed by atoms with Gasteiger partial charge in [0.25, 0.3) is 10.0 Å². The van der Waals surface area contributed by atoms with Gasteiger partial charge in [0, 0.05) is 46.2 Å². The molecule has 1 heterocycles. The Morgan fingerprint density at radius 1 is 1.04 bits per heavy atom. The number of thiazole rings is 1. The van der Waals surface area contributed by atoms with Gasteiger partial charge in [0.05, 0.1) is 25.8 Å². The molecule has 0 amide bonds. The van der Waals surface area contributed by atoms with Gasteiger partial charge in [-0.05, 0) is 55.2 Å². The number of hydrogen-bond acceptors (Lipinski definition) is 8. The van der Waals surface area contributed by atoms with Gasteiger partial charge in [0.15, 0.2) is 5.13 Å². The largest absolute Gasteiger partial charge is 0.497 e. The molecule has 3 aromatic carbocycles. The minimum Gasteiger partial charge on any atom is -0.497 e. The van der Waals surface area contributed by atoms with E-state index in [1.54, 1.807) is 29.6 Å². The van der Waals surface area contributed by atoms with Crippen LogP contribution in [0.1, 0.15) is 48.9 Å². The minimum atomic E-state index is -4.52. The Labute approximate surface area is 294 Å². The molecule has 2 N–H and O–H groups in total. The van der Waals surface area contributed by atoms with Gasteiger partial charge in [-0.3, -0.25) is 10.6 Å². The van der Waals surface area contributed by atoms with E-state index in [0.717, 1.165) is 39.6 Å². The Kier molecular flexibility index (Phi) is 9.90. The van der Waals surface area contributed by atoms with Gasteiger partial charge in [-0.2, -0.15) is 0 Å². The molecule has 0 radical (unpaired) electrons. The van der Waals surface area contributed by atoms with Crippen LogP contribution >= 0.6 is 34.5 Å². The van der Waals surface area contributed by atoms with Crippen LogP contribution in [0.25, 0.3) is 0 Å². The molecule has 13 heteroatoms. The average Bonchev–Trinajstić information content (AvgIpc) is 3.65. The fourth-order valence-electron chi connectivity index (χ4n) is 6.10. The van der Waals surface area contributed by atoms with Gasteiger partial charge in [-0.15, -0.1) is 11.3 Å². The first-order chi connectivity index (χ1) is 23.0. The van der Waals surface area contributed by atoms with Gasteiger partial charge >= 0.3 is 0 Å². The van der Waals surface area contributed by atoms with Crippen LogP contribution in [0.3, 0.4) is 0 Å². The van der Waals surface area contributed by atoms with E-state index < -0.39 is 32.0 Å². The lowest BCUT2D eigenvalue weighted by molar-refractivity contribution is 0.230. The number of hydrogen-bond donors (Lipinski definition) is 2. The zero-order valence-corrected chi connectivity index (χ0v) is 29.7. The minimum absolute atomic E-state index is 0.102. The number of benzene rings is 3. The van der Waals surface area contributed by atoms with Crippen molar-refractivity contribution in [1.29, 1.82) is 0 Å². The summed E-state index contributed by atoms with van der Waals surface area (Å²) in [5.41, 5.74) is 0.513. The highest BCUT2D eigenvalue weighted by molar-refractivity contribution is 7.97. The number of sulfonamides is 1. The molecule has 252 valence electrons. The summed E-state index contributed by atoms with van der Waals surface area (Å²) in [7, 11) is -1.51. The number of rotatable bonds is 13. The summed E-state index contributed by atoms with van der Waals surface area (Å²) < 4.78 is 57.6. The fraction of sp³-hybridized carbons (Fsp3) is 0.286. The van der Waals surface area contributed by atoms with Crippen LogP contribution in [0.15, 0.2) is 106 Å². The van der Waals surface area contributed by atoms with E-state index >= 15 is 4.39 Å². The summed E-state index contributed by atoms with van der Waals surface area (Å²) in [4.78, 5) is 3.73. The van der Waals surface area contributed by atoms with Crippen LogP contribution in [0.2, 0.25) is 5.02 Å². The third-order valence-corrected chi connectivity index (χ3v) is 12.2. The Morgan fingerprint density at radius 3 is 2.42 bits per heavy atom. The predicted octanol–water partition coefficient (Wildman–Crippen LogP) is 8.18. The lowest BCUT2D eigenvalue weighted by Gasteiger charge is -2.43. The summed E-state index contributed by atoms with van der Waals surface area (Å²) in [5, 5.41) is 9.64. The predicted molar refractivity (Wildman–Crippen MR) is 190 cm³/mol. The van der Waals surface area contributed by atoms with Crippen molar-refractivity contribution in [2.75, 3.05) is 18.5 Å². The molecule has 1 fully saturated rings. The zero-order valence-electron chi connectivity index (χ0n) is 26.5. The Morgan fingerprint density at radius 2 is 1.77 bits per heavy atom. The van der Waals surface area contributed by atoms with Crippen LogP contribution in [-0.4, -0.2) is 33.3 Å². The van der Waals surface area contributed by atoms with Gasteiger partial charge in [-0.25, -0.2) is 22.1 Å². The summed E-state index contributed by atoms with van der Waals surface area (Å²) in [6.45, 7) is 1.74. The smallest absolute Gasteiger partial charge is 0.269 e. The van der Waals surface area contributed by atoms with Gasteiger partial charge in [0.2, 0.25) is 0 Å². The molecular weight excluding hydrogens is 694 g/mol. The maximum Gasteiger partial charge on any atom is 0.269 e. The highest BCUT2D eigenvalue weighted by Crippen LogP contribution is 2.50. The van der Waals surface area contributed by atoms with Crippen LogP contribution in [0.5, 0.6) is 11.5 Å². The van der Waals surface area contributed by atoms with E-state index in [0.29, 0.717) is 22.1 Å². The van der Waals surface area contributed by atoms with Crippen molar-refractivity contribution in [3.8, 4) is 11.5 Å². The van der Waals surface area contributed by atoms with Crippen LogP contribution < -0.4 is 24.4 Å². The SMILES string of the molecule is COc1ccc(CN(c2nccs2)S(=O)(=O)C2=C(F)C[C@](NC(C)c3ccccc3Cl)(NC3(c4ccccc4)CC3)C(Cl)=C2)c(OC)c1. The van der Waals surface area contributed by atoms with Crippen molar-refractivity contribution in [1.82, 2.24) is 15.6 Å². The van der Waals surface area contributed by atoms with Gasteiger partial charge in [-0.1, -0.05) is 71.7 Å². The van der Waals surface area contributed by atoms with Crippen molar-refractivity contribution in [3.63, 3.8) is 0 Å². The van der Waals surface area contributed by atoms with E-state index in [9.17, 15) is 8.42 Å². The molecule has 2 aliphatic rings. The molecule has 2 atom stereocenters. The maximum absolute atomic E-state index is 16.7. The van der Waals surface area contributed by atoms with Gasteiger partial charge < -0.3 is 9.47 Å². The number of nitrogens with one attached hydrogen (secondary N) is 2. The molecule has 0 spiro atoms. The zero-order chi connectivity index (χ0) is 34.1. The first-order valence-corrected chi connectivity index (χ1v) is 18.4. The average molecular weight is 730 g/mol. The number of methoxy groups -OCH3 is 2. The van der Waals surface area contributed by atoms with Gasteiger partial charge in [0.1, 0.15) is 27.9 Å². The molecule has 0 bridgehead atoms. The van der Waals surface area contributed by atoms with Crippen molar-refractivity contribution in [2.24, 2.45) is 0 Å². The number of halogens is 3. The molecular formula is C35H35Cl2FN4O4S2. The van der Waals surface area contributed by atoms with Crippen LogP contribution in [0, 0.1) is 0 Å². The second-order valence-corrected chi connectivity index (χ2v) is 15.3. The normalized spacial score (nSPS) is 19.4.